The lowest BCUT2D eigenvalue weighted by Gasteiger charge is -2.10. The predicted molar refractivity (Wildman–Crippen MR) is 78.4 cm³/mol. The van der Waals surface area contributed by atoms with Gasteiger partial charge in [-0.05, 0) is 22.9 Å². The second-order valence-electron chi connectivity index (χ2n) is 4.45. The summed E-state index contributed by atoms with van der Waals surface area (Å²) in [6.45, 7) is 0. The van der Waals surface area contributed by atoms with Crippen LogP contribution < -0.4 is 4.74 Å². The maximum Gasteiger partial charge on any atom is 0.332 e. The minimum Gasteiger partial charge on any atom is -0.496 e. The van der Waals surface area contributed by atoms with E-state index in [1.54, 1.807) is 6.07 Å². The zero-order valence-corrected chi connectivity index (χ0v) is 11.4. The van der Waals surface area contributed by atoms with Gasteiger partial charge in [0.1, 0.15) is 5.75 Å². The van der Waals surface area contributed by atoms with Crippen LogP contribution in [0.2, 0.25) is 0 Å². The fraction of sp³-hybridized carbons (Fsp3) is 0.125. The molecule has 5 nitrogen and oxygen atoms in total. The zero-order chi connectivity index (χ0) is 15.4. The third-order valence-electron chi connectivity index (χ3n) is 3.09. The van der Waals surface area contributed by atoms with Crippen molar-refractivity contribution < 1.29 is 24.5 Å². The highest BCUT2D eigenvalue weighted by Crippen LogP contribution is 2.30. The van der Waals surface area contributed by atoms with E-state index in [0.29, 0.717) is 11.3 Å². The van der Waals surface area contributed by atoms with Gasteiger partial charge in [0.05, 0.1) is 13.5 Å². The summed E-state index contributed by atoms with van der Waals surface area (Å²) in [6.07, 6.45) is 0.805. The first-order chi connectivity index (χ1) is 10.0. The molecular weight excluding hydrogens is 272 g/mol. The quantitative estimate of drug-likeness (QED) is 0.826. The molecule has 0 saturated carbocycles. The second-order valence-corrected chi connectivity index (χ2v) is 4.45. The molecule has 0 atom stereocenters. The van der Waals surface area contributed by atoms with Gasteiger partial charge in [-0.2, -0.15) is 0 Å². The molecule has 2 aromatic carbocycles. The van der Waals surface area contributed by atoms with Crippen molar-refractivity contribution in [3.05, 3.63) is 47.5 Å². The topological polar surface area (TPSA) is 83.8 Å². The molecule has 0 aliphatic rings. The molecule has 0 radical (unpaired) electrons. The fourth-order valence-electron chi connectivity index (χ4n) is 2.13. The maximum absolute atomic E-state index is 11.2. The Morgan fingerprint density at radius 3 is 2.48 bits per heavy atom. The minimum atomic E-state index is -1.26. The van der Waals surface area contributed by atoms with Crippen molar-refractivity contribution in [2.75, 3.05) is 7.11 Å². The molecule has 0 fully saturated rings. The van der Waals surface area contributed by atoms with E-state index >= 15 is 0 Å². The van der Waals surface area contributed by atoms with E-state index in [1.807, 2.05) is 30.3 Å². The van der Waals surface area contributed by atoms with Crippen molar-refractivity contribution in [2.45, 2.75) is 6.42 Å². The monoisotopic (exact) mass is 286 g/mol. The molecule has 2 rings (SSSR count). The number of carboxylic acid groups (broad SMARTS) is 2. The summed E-state index contributed by atoms with van der Waals surface area (Å²) in [6, 6.07) is 11.0. The van der Waals surface area contributed by atoms with E-state index in [4.69, 9.17) is 14.9 Å². The van der Waals surface area contributed by atoms with Gasteiger partial charge >= 0.3 is 11.9 Å². The van der Waals surface area contributed by atoms with Crippen molar-refractivity contribution in [1.82, 2.24) is 0 Å². The van der Waals surface area contributed by atoms with Crippen LogP contribution in [0.3, 0.4) is 0 Å². The van der Waals surface area contributed by atoms with Gasteiger partial charge < -0.3 is 14.9 Å². The molecular formula is C16H14O5. The average Bonchev–Trinajstić information content (AvgIpc) is 2.46. The van der Waals surface area contributed by atoms with Crippen LogP contribution in [0.15, 0.2) is 42.0 Å². The third kappa shape index (κ3) is 3.20. The lowest BCUT2D eigenvalue weighted by atomic mass is 10.00. The Balaban J connectivity index is 2.67. The number of hydrogen-bond donors (Lipinski definition) is 2. The molecule has 0 bridgehead atoms. The summed E-state index contributed by atoms with van der Waals surface area (Å²) in [5.74, 6) is -1.95. The van der Waals surface area contributed by atoms with E-state index in [-0.39, 0.29) is 5.57 Å². The smallest absolute Gasteiger partial charge is 0.332 e. The van der Waals surface area contributed by atoms with Crippen molar-refractivity contribution >= 4 is 28.8 Å². The molecule has 0 unspecified atom stereocenters. The van der Waals surface area contributed by atoms with Crippen molar-refractivity contribution in [3.8, 4) is 5.75 Å². The Kier molecular flexibility index (Phi) is 4.23. The molecule has 21 heavy (non-hydrogen) atoms. The summed E-state index contributed by atoms with van der Waals surface area (Å²) in [7, 11) is 1.49. The highest BCUT2D eigenvalue weighted by atomic mass is 16.5. The predicted octanol–water partition coefficient (Wildman–Crippen LogP) is 2.79. The first kappa shape index (κ1) is 14.6. The largest absolute Gasteiger partial charge is 0.496 e. The summed E-state index contributed by atoms with van der Waals surface area (Å²) < 4.78 is 5.25. The molecule has 108 valence electrons. The minimum absolute atomic E-state index is 0.197. The van der Waals surface area contributed by atoms with Crippen molar-refractivity contribution in [1.29, 1.82) is 0 Å². The summed E-state index contributed by atoms with van der Waals surface area (Å²) in [4.78, 5) is 22.0. The van der Waals surface area contributed by atoms with Gasteiger partial charge in [0.15, 0.2) is 0 Å². The van der Waals surface area contributed by atoms with E-state index in [1.165, 1.54) is 13.2 Å². The second kappa shape index (κ2) is 6.09. The molecule has 5 heteroatoms. The number of carboxylic acids is 2. The Morgan fingerprint density at radius 2 is 1.86 bits per heavy atom. The molecule has 2 aromatic rings. The van der Waals surface area contributed by atoms with Gasteiger partial charge in [0.25, 0.3) is 0 Å². The normalized spacial score (nSPS) is 11.4. The standard InChI is InChI=1S/C16H14O5/c1-21-14-7-6-10-4-2-3-5-12(10)13(14)8-11(16(19)20)9-15(17)18/h2-8H,9H2,1H3,(H,17,18)(H,19,20)/b11-8+. The number of methoxy groups -OCH3 is 1. The Bertz CT molecular complexity index is 731. The number of rotatable bonds is 5. The molecule has 0 heterocycles. The maximum atomic E-state index is 11.2. The van der Waals surface area contributed by atoms with Crippen molar-refractivity contribution in [2.24, 2.45) is 0 Å². The van der Waals surface area contributed by atoms with E-state index < -0.39 is 18.4 Å². The highest BCUT2D eigenvalue weighted by Gasteiger charge is 2.14. The molecule has 0 aromatic heterocycles. The third-order valence-corrected chi connectivity index (χ3v) is 3.09. The van der Waals surface area contributed by atoms with Crippen LogP contribution in [0.5, 0.6) is 5.75 Å². The Labute approximate surface area is 121 Å². The highest BCUT2D eigenvalue weighted by molar-refractivity contribution is 6.01. The Hall–Kier alpha value is -2.82. The Morgan fingerprint density at radius 1 is 1.14 bits per heavy atom. The number of benzene rings is 2. The molecule has 0 saturated heterocycles. The van der Waals surface area contributed by atoms with Crippen LogP contribution in [0, 0.1) is 0 Å². The van der Waals surface area contributed by atoms with Gasteiger partial charge in [-0.15, -0.1) is 0 Å². The number of carbonyl (C=O) groups is 2. The summed E-state index contributed by atoms with van der Waals surface area (Å²) in [5, 5.41) is 19.7. The molecule has 2 N–H and O–H groups in total. The zero-order valence-electron chi connectivity index (χ0n) is 11.4. The van der Waals surface area contributed by atoms with Gasteiger partial charge in [-0.1, -0.05) is 30.3 Å². The van der Waals surface area contributed by atoms with Gasteiger partial charge in [-0.3, -0.25) is 4.79 Å². The lowest BCUT2D eigenvalue weighted by molar-refractivity contribution is -0.139. The number of aliphatic carboxylic acids is 2. The van der Waals surface area contributed by atoms with Crippen LogP contribution >= 0.6 is 0 Å². The first-order valence-electron chi connectivity index (χ1n) is 6.24. The fourth-order valence-corrected chi connectivity index (χ4v) is 2.13. The van der Waals surface area contributed by atoms with Crippen LogP contribution in [0.25, 0.3) is 16.8 Å². The van der Waals surface area contributed by atoms with Crippen LogP contribution in [0.1, 0.15) is 12.0 Å². The SMILES string of the molecule is COc1ccc2ccccc2c1/C=C(\CC(=O)O)C(=O)O. The first-order valence-corrected chi connectivity index (χ1v) is 6.24. The molecule has 0 spiro atoms. The molecule has 0 aliphatic carbocycles. The van der Waals surface area contributed by atoms with Gasteiger partial charge in [0.2, 0.25) is 0 Å². The summed E-state index contributed by atoms with van der Waals surface area (Å²) in [5.41, 5.74) is 0.367. The van der Waals surface area contributed by atoms with Crippen LogP contribution in [-0.2, 0) is 9.59 Å². The molecule has 0 amide bonds. The van der Waals surface area contributed by atoms with Gasteiger partial charge in [-0.25, -0.2) is 4.79 Å². The van der Waals surface area contributed by atoms with E-state index in [2.05, 4.69) is 0 Å². The van der Waals surface area contributed by atoms with Crippen LogP contribution in [0.4, 0.5) is 0 Å². The number of ether oxygens (including phenoxy) is 1. The van der Waals surface area contributed by atoms with Crippen molar-refractivity contribution in [3.63, 3.8) is 0 Å². The van der Waals surface area contributed by atoms with E-state index in [9.17, 15) is 9.59 Å². The number of hydrogen-bond acceptors (Lipinski definition) is 3. The lowest BCUT2D eigenvalue weighted by Crippen LogP contribution is -2.06. The molecule has 0 aliphatic heterocycles. The van der Waals surface area contributed by atoms with E-state index in [0.717, 1.165) is 10.8 Å². The average molecular weight is 286 g/mol. The number of fused-ring (bicyclic) bond motifs is 1. The summed E-state index contributed by atoms with van der Waals surface area (Å²) >= 11 is 0. The van der Waals surface area contributed by atoms with Crippen LogP contribution in [-0.4, -0.2) is 29.3 Å². The van der Waals surface area contributed by atoms with Gasteiger partial charge in [0, 0.05) is 11.1 Å².